The Kier molecular flexibility index (Phi) is 6.34. The third-order valence-electron chi connectivity index (χ3n) is 5.48. The van der Waals surface area contributed by atoms with Crippen LogP contribution in [0.25, 0.3) is 11.4 Å². The molecular weight excluding hydrogens is 464 g/mol. The van der Waals surface area contributed by atoms with E-state index in [1.165, 1.54) is 16.6 Å². The summed E-state index contributed by atoms with van der Waals surface area (Å²) < 4.78 is 7.54. The fourth-order valence-electron chi connectivity index (χ4n) is 3.96. The second kappa shape index (κ2) is 9.52. The molecule has 1 aromatic carbocycles. The Morgan fingerprint density at radius 3 is 2.81 bits per heavy atom. The van der Waals surface area contributed by atoms with E-state index in [0.29, 0.717) is 28.3 Å². The number of hydrogen-bond acceptors (Lipinski definition) is 6. The minimum Gasteiger partial charge on any atom is -0.467 e. The van der Waals surface area contributed by atoms with Crippen LogP contribution >= 0.6 is 34.7 Å². The van der Waals surface area contributed by atoms with Gasteiger partial charge in [0, 0.05) is 22.0 Å². The van der Waals surface area contributed by atoms with Crippen LogP contribution in [0.4, 0.5) is 0 Å². The number of furan rings is 1. The molecule has 0 radical (unpaired) electrons. The van der Waals surface area contributed by atoms with Gasteiger partial charge in [0.2, 0.25) is 5.91 Å². The highest BCUT2D eigenvalue weighted by atomic mass is 35.5. The molecule has 0 N–H and O–H groups in total. The molecular formula is C23H21ClN4O2S2. The standard InChI is InChI=1S/C23H21ClN4O2S2/c24-17-9-7-16(8-10-17)22-25-26-23(28(22)14-18-4-2-12-30-18)32-15-21(29)27-11-1-5-19(27)20-6-3-13-31-20/h2-4,6-10,12-13,19H,1,5,11,14-15H2. The summed E-state index contributed by atoms with van der Waals surface area (Å²) in [5, 5.41) is 12.2. The average Bonchev–Trinajstić information content (AvgIpc) is 3.61. The molecule has 1 saturated heterocycles. The Balaban J connectivity index is 1.36. The fourth-order valence-corrected chi connectivity index (χ4v) is 5.78. The van der Waals surface area contributed by atoms with Gasteiger partial charge in [-0.2, -0.15) is 0 Å². The summed E-state index contributed by atoms with van der Waals surface area (Å²) in [5.74, 6) is 1.96. The summed E-state index contributed by atoms with van der Waals surface area (Å²) in [7, 11) is 0. The average molecular weight is 485 g/mol. The number of amides is 1. The van der Waals surface area contributed by atoms with Crippen LogP contribution < -0.4 is 0 Å². The predicted molar refractivity (Wildman–Crippen MR) is 127 cm³/mol. The lowest BCUT2D eigenvalue weighted by Crippen LogP contribution is -2.31. The summed E-state index contributed by atoms with van der Waals surface area (Å²) in [6.07, 6.45) is 3.71. The Labute approximate surface area is 199 Å². The van der Waals surface area contributed by atoms with Gasteiger partial charge in [-0.15, -0.1) is 21.5 Å². The number of hydrogen-bond donors (Lipinski definition) is 0. The summed E-state index contributed by atoms with van der Waals surface area (Å²) in [6.45, 7) is 1.28. The van der Waals surface area contributed by atoms with Gasteiger partial charge in [0.1, 0.15) is 5.76 Å². The van der Waals surface area contributed by atoms with Crippen molar-refractivity contribution in [1.82, 2.24) is 19.7 Å². The highest BCUT2D eigenvalue weighted by molar-refractivity contribution is 7.99. The number of thiophene rings is 1. The van der Waals surface area contributed by atoms with Crippen molar-refractivity contribution in [3.63, 3.8) is 0 Å². The van der Waals surface area contributed by atoms with Gasteiger partial charge in [0.25, 0.3) is 0 Å². The van der Waals surface area contributed by atoms with Crippen LogP contribution in [0.2, 0.25) is 5.02 Å². The molecule has 0 spiro atoms. The van der Waals surface area contributed by atoms with Gasteiger partial charge in [-0.1, -0.05) is 29.4 Å². The summed E-state index contributed by atoms with van der Waals surface area (Å²) >= 11 is 9.18. The van der Waals surface area contributed by atoms with Gasteiger partial charge in [0.05, 0.1) is 24.6 Å². The van der Waals surface area contributed by atoms with E-state index in [-0.39, 0.29) is 11.9 Å². The number of carbonyl (C=O) groups excluding carboxylic acids is 1. The molecule has 1 aliphatic rings. The number of likely N-dealkylation sites (tertiary alicyclic amines) is 1. The van der Waals surface area contributed by atoms with Crippen LogP contribution in [0.3, 0.4) is 0 Å². The van der Waals surface area contributed by atoms with E-state index in [2.05, 4.69) is 21.6 Å². The summed E-state index contributed by atoms with van der Waals surface area (Å²) in [5.41, 5.74) is 0.906. The van der Waals surface area contributed by atoms with Gasteiger partial charge in [-0.05, 0) is 60.7 Å². The monoisotopic (exact) mass is 484 g/mol. The van der Waals surface area contributed by atoms with E-state index in [0.717, 1.165) is 30.7 Å². The molecule has 4 aromatic rings. The van der Waals surface area contributed by atoms with Crippen LogP contribution in [0.15, 0.2) is 69.7 Å². The zero-order valence-corrected chi connectivity index (χ0v) is 19.6. The number of rotatable bonds is 7. The van der Waals surface area contributed by atoms with Crippen molar-refractivity contribution in [3.8, 4) is 11.4 Å². The van der Waals surface area contributed by atoms with Crippen molar-refractivity contribution in [2.75, 3.05) is 12.3 Å². The molecule has 4 heterocycles. The first-order valence-corrected chi connectivity index (χ1v) is 12.6. The summed E-state index contributed by atoms with van der Waals surface area (Å²) in [4.78, 5) is 16.3. The molecule has 0 aliphatic carbocycles. The number of halogens is 1. The number of aromatic nitrogens is 3. The van der Waals surface area contributed by atoms with Crippen molar-refractivity contribution in [1.29, 1.82) is 0 Å². The zero-order valence-electron chi connectivity index (χ0n) is 17.2. The molecule has 9 heteroatoms. The number of carbonyl (C=O) groups is 1. The maximum atomic E-state index is 13.1. The van der Waals surface area contributed by atoms with E-state index in [4.69, 9.17) is 16.0 Å². The van der Waals surface area contributed by atoms with Crippen LogP contribution in [0, 0.1) is 0 Å². The second-order valence-corrected chi connectivity index (χ2v) is 9.89. The van der Waals surface area contributed by atoms with E-state index in [9.17, 15) is 4.79 Å². The van der Waals surface area contributed by atoms with Crippen LogP contribution in [0.5, 0.6) is 0 Å². The molecule has 1 fully saturated rings. The highest BCUT2D eigenvalue weighted by Crippen LogP contribution is 2.35. The topological polar surface area (TPSA) is 64.2 Å². The Bertz CT molecular complexity index is 1170. The maximum absolute atomic E-state index is 13.1. The molecule has 1 amide bonds. The highest BCUT2D eigenvalue weighted by Gasteiger charge is 2.30. The Hall–Kier alpha value is -2.55. The van der Waals surface area contributed by atoms with Gasteiger partial charge >= 0.3 is 0 Å². The Morgan fingerprint density at radius 1 is 1.19 bits per heavy atom. The molecule has 1 atom stereocenters. The number of benzene rings is 1. The molecule has 164 valence electrons. The van der Waals surface area contributed by atoms with Crippen molar-refractivity contribution in [2.24, 2.45) is 0 Å². The van der Waals surface area contributed by atoms with Crippen LogP contribution in [0.1, 0.15) is 29.5 Å². The smallest absolute Gasteiger partial charge is 0.233 e. The second-order valence-electron chi connectivity index (χ2n) is 7.53. The quantitative estimate of drug-likeness (QED) is 0.312. The van der Waals surface area contributed by atoms with Gasteiger partial charge in [-0.25, -0.2) is 0 Å². The van der Waals surface area contributed by atoms with Crippen molar-refractivity contribution in [2.45, 2.75) is 30.6 Å². The predicted octanol–water partition coefficient (Wildman–Crippen LogP) is 5.76. The molecule has 0 bridgehead atoms. The summed E-state index contributed by atoms with van der Waals surface area (Å²) in [6, 6.07) is 15.6. The first kappa shape index (κ1) is 21.3. The third kappa shape index (κ3) is 4.48. The molecule has 32 heavy (non-hydrogen) atoms. The number of thioether (sulfide) groups is 1. The minimum absolute atomic E-state index is 0.131. The molecule has 3 aromatic heterocycles. The van der Waals surface area contributed by atoms with Gasteiger partial charge < -0.3 is 9.32 Å². The number of nitrogens with zero attached hydrogens (tertiary/aromatic N) is 4. The SMILES string of the molecule is O=C(CSc1nnc(-c2ccc(Cl)cc2)n1Cc1ccco1)N1CCCC1c1cccs1. The van der Waals surface area contributed by atoms with Crippen molar-refractivity contribution >= 4 is 40.6 Å². The lowest BCUT2D eigenvalue weighted by Gasteiger charge is -2.23. The van der Waals surface area contributed by atoms with Crippen molar-refractivity contribution < 1.29 is 9.21 Å². The largest absolute Gasteiger partial charge is 0.467 e. The first-order valence-electron chi connectivity index (χ1n) is 10.4. The zero-order chi connectivity index (χ0) is 21.9. The van der Waals surface area contributed by atoms with Crippen molar-refractivity contribution in [3.05, 3.63) is 75.8 Å². The van der Waals surface area contributed by atoms with E-state index in [1.807, 2.05) is 51.9 Å². The molecule has 5 rings (SSSR count). The Morgan fingerprint density at radius 2 is 2.06 bits per heavy atom. The van der Waals surface area contributed by atoms with E-state index in [1.54, 1.807) is 17.6 Å². The first-order chi connectivity index (χ1) is 15.7. The minimum atomic E-state index is 0.131. The third-order valence-corrected chi connectivity index (χ3v) is 7.66. The lowest BCUT2D eigenvalue weighted by atomic mass is 10.2. The van der Waals surface area contributed by atoms with E-state index >= 15 is 0 Å². The van der Waals surface area contributed by atoms with Gasteiger partial charge in [-0.3, -0.25) is 9.36 Å². The molecule has 1 aliphatic heterocycles. The lowest BCUT2D eigenvalue weighted by molar-refractivity contribution is -0.129. The fraction of sp³-hybridized carbons (Fsp3) is 0.261. The molecule has 6 nitrogen and oxygen atoms in total. The van der Waals surface area contributed by atoms with Gasteiger partial charge in [0.15, 0.2) is 11.0 Å². The normalized spacial score (nSPS) is 16.0. The van der Waals surface area contributed by atoms with E-state index < -0.39 is 0 Å². The molecule has 0 saturated carbocycles. The van der Waals surface area contributed by atoms with Crippen LogP contribution in [-0.4, -0.2) is 37.9 Å². The maximum Gasteiger partial charge on any atom is 0.233 e. The molecule has 1 unspecified atom stereocenters. The van der Waals surface area contributed by atoms with Crippen LogP contribution in [-0.2, 0) is 11.3 Å².